The molecule has 218 valence electrons. The van der Waals surface area contributed by atoms with Gasteiger partial charge in [-0.3, -0.25) is 9.59 Å². The van der Waals surface area contributed by atoms with Crippen LogP contribution in [-0.2, 0) is 20.7 Å². The molecule has 0 aliphatic heterocycles. The van der Waals surface area contributed by atoms with Gasteiger partial charge in [0.05, 0.1) is 0 Å². The largest absolute Gasteiger partial charge is 0.508 e. The van der Waals surface area contributed by atoms with E-state index in [1.54, 1.807) is 39.0 Å². The molecule has 3 N–H and O–H groups in total. The number of carbonyl (C=O) groups is 3. The summed E-state index contributed by atoms with van der Waals surface area (Å²) in [6, 6.07) is 10.1. The average Bonchev–Trinajstić information content (AvgIpc) is 2.82. The first-order chi connectivity index (χ1) is 18.7. The Balaban J connectivity index is 2.57. The third kappa shape index (κ3) is 10.1. The first-order valence-corrected chi connectivity index (χ1v) is 13.8. The Kier molecular flexibility index (Phi) is 11.8. The van der Waals surface area contributed by atoms with E-state index < -0.39 is 29.7 Å². The van der Waals surface area contributed by atoms with Crippen LogP contribution in [0.15, 0.2) is 55.1 Å². The van der Waals surface area contributed by atoms with Crippen molar-refractivity contribution in [3.05, 3.63) is 77.4 Å². The summed E-state index contributed by atoms with van der Waals surface area (Å²) in [5.41, 5.74) is 2.55. The number of rotatable bonds is 12. The second-order valence-electron chi connectivity index (χ2n) is 11.4. The number of phenols is 1. The van der Waals surface area contributed by atoms with Crippen molar-refractivity contribution in [1.82, 2.24) is 15.5 Å². The normalized spacial score (nSPS) is 13.5. The van der Waals surface area contributed by atoms with Crippen molar-refractivity contribution >= 4 is 17.9 Å². The topological polar surface area (TPSA) is 108 Å². The molecule has 3 amide bonds. The van der Waals surface area contributed by atoms with E-state index in [-0.39, 0.29) is 30.7 Å². The molecule has 8 heteroatoms. The highest BCUT2D eigenvalue weighted by molar-refractivity contribution is 5.92. The fourth-order valence-electron chi connectivity index (χ4n) is 4.65. The molecule has 2 rings (SSSR count). The first-order valence-electron chi connectivity index (χ1n) is 13.8. The predicted octanol–water partition coefficient (Wildman–Crippen LogP) is 5.51. The summed E-state index contributed by atoms with van der Waals surface area (Å²) in [6.45, 7) is 17.0. The van der Waals surface area contributed by atoms with Crippen LogP contribution in [0.25, 0.3) is 0 Å². The molecule has 0 saturated heterocycles. The Morgan fingerprint density at radius 2 is 1.65 bits per heavy atom. The lowest BCUT2D eigenvalue weighted by Crippen LogP contribution is -2.54. The Morgan fingerprint density at radius 1 is 1.05 bits per heavy atom. The van der Waals surface area contributed by atoms with Crippen LogP contribution < -0.4 is 10.6 Å². The first kappa shape index (κ1) is 32.4. The zero-order valence-corrected chi connectivity index (χ0v) is 24.9. The Hall–Kier alpha value is -3.81. The average molecular weight is 552 g/mol. The smallest absolute Gasteiger partial charge is 0.408 e. The maximum Gasteiger partial charge on any atom is 0.408 e. The molecule has 0 fully saturated rings. The number of nitrogens with zero attached hydrogens (tertiary/aromatic N) is 1. The van der Waals surface area contributed by atoms with Crippen molar-refractivity contribution in [1.29, 1.82) is 0 Å². The van der Waals surface area contributed by atoms with Crippen LogP contribution in [-0.4, -0.2) is 52.1 Å². The van der Waals surface area contributed by atoms with Gasteiger partial charge in [-0.05, 0) is 71.2 Å². The van der Waals surface area contributed by atoms with E-state index >= 15 is 0 Å². The number of phenolic OH excluding ortho intramolecular Hbond substituents is 1. The van der Waals surface area contributed by atoms with Crippen molar-refractivity contribution in [2.75, 3.05) is 6.54 Å². The monoisotopic (exact) mass is 551 g/mol. The van der Waals surface area contributed by atoms with Gasteiger partial charge in [0.15, 0.2) is 0 Å². The summed E-state index contributed by atoms with van der Waals surface area (Å²) in [7, 11) is 0. The number of carbonyl (C=O) groups excluding carboxylic acids is 3. The number of hydrogen-bond donors (Lipinski definition) is 3. The number of ether oxygens (including phenoxy) is 1. The Morgan fingerprint density at radius 3 is 2.17 bits per heavy atom. The fraction of sp³-hybridized carbons (Fsp3) is 0.469. The molecule has 0 aromatic heterocycles. The van der Waals surface area contributed by atoms with E-state index in [9.17, 15) is 19.5 Å². The zero-order chi connectivity index (χ0) is 30.0. The highest BCUT2D eigenvalue weighted by Gasteiger charge is 2.36. The van der Waals surface area contributed by atoms with Gasteiger partial charge in [0.1, 0.15) is 23.4 Å². The van der Waals surface area contributed by atoms with Crippen molar-refractivity contribution < 1.29 is 24.2 Å². The number of aryl methyl sites for hydroxylation is 2. The van der Waals surface area contributed by atoms with Crippen molar-refractivity contribution in [2.45, 2.75) is 91.5 Å². The quantitative estimate of drug-likeness (QED) is 0.302. The second-order valence-corrected chi connectivity index (χ2v) is 11.4. The third-order valence-corrected chi connectivity index (χ3v) is 6.20. The van der Waals surface area contributed by atoms with Crippen LogP contribution in [0, 0.1) is 13.8 Å². The van der Waals surface area contributed by atoms with Crippen LogP contribution in [0.2, 0.25) is 0 Å². The van der Waals surface area contributed by atoms with E-state index in [4.69, 9.17) is 4.74 Å². The number of benzene rings is 2. The molecule has 0 saturated carbocycles. The molecule has 8 nitrogen and oxygen atoms in total. The third-order valence-electron chi connectivity index (χ3n) is 6.20. The lowest BCUT2D eigenvalue weighted by molar-refractivity contribution is -0.142. The van der Waals surface area contributed by atoms with Gasteiger partial charge < -0.3 is 25.4 Å². The lowest BCUT2D eigenvalue weighted by atomic mass is 9.97. The fourth-order valence-corrected chi connectivity index (χ4v) is 4.65. The van der Waals surface area contributed by atoms with E-state index in [1.807, 2.05) is 45.9 Å². The van der Waals surface area contributed by atoms with Crippen LogP contribution in [0.1, 0.15) is 75.8 Å². The highest BCUT2D eigenvalue weighted by Crippen LogP contribution is 2.26. The van der Waals surface area contributed by atoms with E-state index in [0.29, 0.717) is 5.56 Å². The summed E-state index contributed by atoms with van der Waals surface area (Å²) in [5, 5.41) is 15.5. The minimum atomic E-state index is -1.05. The zero-order valence-electron chi connectivity index (χ0n) is 24.9. The van der Waals surface area contributed by atoms with Crippen LogP contribution in [0.3, 0.4) is 0 Å². The maximum absolute atomic E-state index is 14.3. The molecule has 0 bridgehead atoms. The summed E-state index contributed by atoms with van der Waals surface area (Å²) < 4.78 is 5.46. The summed E-state index contributed by atoms with van der Waals surface area (Å²) in [5.74, 6) is -0.671. The van der Waals surface area contributed by atoms with Gasteiger partial charge in [0, 0.05) is 19.0 Å². The van der Waals surface area contributed by atoms with Crippen molar-refractivity contribution in [3.63, 3.8) is 0 Å². The van der Waals surface area contributed by atoms with Gasteiger partial charge in [-0.25, -0.2) is 4.79 Å². The van der Waals surface area contributed by atoms with Gasteiger partial charge in [-0.1, -0.05) is 60.9 Å². The number of aromatic hydroxyl groups is 1. The van der Waals surface area contributed by atoms with Crippen molar-refractivity contribution in [3.8, 4) is 5.75 Å². The number of hydrogen-bond acceptors (Lipinski definition) is 5. The number of amides is 3. The molecule has 0 aliphatic carbocycles. The van der Waals surface area contributed by atoms with E-state index in [0.717, 1.165) is 29.5 Å². The molecule has 2 aromatic carbocycles. The molecule has 40 heavy (non-hydrogen) atoms. The van der Waals surface area contributed by atoms with Crippen LogP contribution >= 0.6 is 0 Å². The lowest BCUT2D eigenvalue weighted by Gasteiger charge is -2.34. The minimum Gasteiger partial charge on any atom is -0.508 e. The molecule has 0 spiro atoms. The SMILES string of the molecule is C=CCN(C(=O)C(Cc1ccc(O)cc1)NC(=O)OC(C)(C)C)C(C(=O)NC(C)CCC)c1cc(C)cc(C)c1. The molecular weight excluding hydrogens is 506 g/mol. The standard InChI is InChI=1S/C32H45N3O5/c1-9-11-23(5)33-29(37)28(25-18-21(3)17-22(4)19-25)35(16-10-2)30(38)27(34-31(39)40-32(6,7)8)20-24-12-14-26(36)15-13-24/h10,12-15,17-19,23,27-28,36H,2,9,11,16,20H2,1,3-8H3,(H,33,37)(H,34,39). The predicted molar refractivity (Wildman–Crippen MR) is 158 cm³/mol. The summed E-state index contributed by atoms with van der Waals surface area (Å²) >= 11 is 0. The van der Waals surface area contributed by atoms with Gasteiger partial charge in [-0.15, -0.1) is 6.58 Å². The van der Waals surface area contributed by atoms with Gasteiger partial charge >= 0.3 is 6.09 Å². The molecule has 2 aromatic rings. The Bertz CT molecular complexity index is 1150. The molecule has 3 atom stereocenters. The van der Waals surface area contributed by atoms with Crippen molar-refractivity contribution in [2.24, 2.45) is 0 Å². The molecule has 0 radical (unpaired) electrons. The second kappa shape index (κ2) is 14.5. The molecule has 0 heterocycles. The van der Waals surface area contributed by atoms with Crippen LogP contribution in [0.4, 0.5) is 4.79 Å². The molecule has 0 aliphatic rings. The molecular formula is C32H45N3O5. The summed E-state index contributed by atoms with van der Waals surface area (Å²) in [4.78, 5) is 42.4. The molecule has 3 unspecified atom stereocenters. The van der Waals surface area contributed by atoms with E-state index in [1.165, 1.54) is 17.0 Å². The van der Waals surface area contributed by atoms with E-state index in [2.05, 4.69) is 17.2 Å². The summed E-state index contributed by atoms with van der Waals surface area (Å²) in [6.07, 6.45) is 2.65. The van der Waals surface area contributed by atoms with Gasteiger partial charge in [0.25, 0.3) is 0 Å². The number of nitrogens with one attached hydrogen (secondary N) is 2. The Labute approximate surface area is 238 Å². The highest BCUT2D eigenvalue weighted by atomic mass is 16.6. The number of alkyl carbamates (subject to hydrolysis) is 1. The van der Waals surface area contributed by atoms with Crippen LogP contribution in [0.5, 0.6) is 5.75 Å². The minimum absolute atomic E-state index is 0.0775. The van der Waals surface area contributed by atoms with Gasteiger partial charge in [-0.2, -0.15) is 0 Å². The van der Waals surface area contributed by atoms with Gasteiger partial charge in [0.2, 0.25) is 11.8 Å². The maximum atomic E-state index is 14.3.